The number of pyridine rings is 1. The number of aryl methyl sites for hydroxylation is 1. The van der Waals surface area contributed by atoms with Crippen molar-refractivity contribution in [1.29, 1.82) is 0 Å². The van der Waals surface area contributed by atoms with Crippen molar-refractivity contribution >= 4 is 117 Å². The molecule has 0 unspecified atom stereocenters. The molecule has 0 aliphatic carbocycles. The number of aromatic nitrogens is 1. The second-order valence-electron chi connectivity index (χ2n) is 34.4. The molecule has 0 spiro atoms. The quantitative estimate of drug-likeness (QED) is 0.0282. The summed E-state index contributed by atoms with van der Waals surface area (Å²) in [6.07, 6.45) is -9.64. The number of nitrogens with two attached hydrogens (primary N) is 1. The Hall–Kier alpha value is -11.6. The lowest BCUT2D eigenvalue weighted by atomic mass is 9.85. The molecule has 37 nitrogen and oxygen atoms in total. The summed E-state index contributed by atoms with van der Waals surface area (Å²) in [5.41, 5.74) is 7.28. The predicted octanol–water partition coefficient (Wildman–Crippen LogP) is 3.23. The molecule has 0 radical (unpaired) electrons. The van der Waals surface area contributed by atoms with Gasteiger partial charge in [0.15, 0.2) is 34.7 Å². The van der Waals surface area contributed by atoms with Crippen LogP contribution in [0.5, 0.6) is 11.5 Å². The summed E-state index contributed by atoms with van der Waals surface area (Å²) in [5, 5.41) is 111. The van der Waals surface area contributed by atoms with Crippen molar-refractivity contribution in [3.8, 4) is 11.5 Å². The Morgan fingerprint density at radius 3 is 1.42 bits per heavy atom. The number of phenols is 2. The number of nitrogens with zero attached hydrogens (tertiary/aromatic N) is 1. The standard InChI is InChI=1S/C94H131N9O28S/c1-9-54(4)87(82(117)42-63(36-60-23-28-67(108)29-24-60)90(127)98-74(35-53(2)3)78(113)40-64(44-85(121)122)89(126)97-55(5)17-13-14-33-95)102-92(129)66(49-104)43-79(114)75(38-61-25-30-68(109)31-26-61)99-91(128)65(45-86(123)124)41-80(115)77(50-105)101-94(131)73(58(8)107)47-81(116)76(37-59-19-11-10-12-20-59)100-93(130)72(57(7)106)46-70(111)48-96-88(125)62(27-32-84(119)120)39-71(112)52-132-51-69(110)21-16-34-103-56(6)18-15-22-83(103)118/h10-12,15,18-20,22-26,28-31,53-55,57-58,62-66,72-77,87,104-109H,9,13-14,16-17,21,27,32-52,95H2,1-8H3,(H,96,125)(H,97,126)(H,98,127)(H,99,128)(H,100,130)(H,101,131)(H,102,129)(H,119,120)(H,121,122)(H,123,124)/t54-,55+,57+,58+,62+,63+,64-,65-,66-,72-,73-,74-,75-,76-,77-,87-/m0/s1. The fourth-order valence-electron chi connectivity index (χ4n) is 14.9. The van der Waals surface area contributed by atoms with Crippen LogP contribution in [0.4, 0.5) is 0 Å². The molecule has 1 heterocycles. The van der Waals surface area contributed by atoms with E-state index in [0.29, 0.717) is 49.9 Å². The van der Waals surface area contributed by atoms with E-state index < -0.39 is 280 Å². The smallest absolute Gasteiger partial charge is 0.304 e. The van der Waals surface area contributed by atoms with E-state index in [2.05, 4.69) is 37.2 Å². The zero-order valence-electron chi connectivity index (χ0n) is 76.1. The molecule has 16 atom stereocenters. The Morgan fingerprint density at radius 2 is 0.902 bits per heavy atom. The molecular formula is C94H131N9O28S. The molecule has 38 heteroatoms. The maximum atomic E-state index is 14.9. The number of aliphatic hydroxyl groups excluding tert-OH is 4. The molecule has 726 valence electrons. The molecule has 4 aromatic rings. The summed E-state index contributed by atoms with van der Waals surface area (Å²) in [7, 11) is 0. The van der Waals surface area contributed by atoms with E-state index in [0.717, 1.165) is 31.3 Å². The van der Waals surface area contributed by atoms with Crippen molar-refractivity contribution in [2.75, 3.05) is 37.8 Å². The van der Waals surface area contributed by atoms with Gasteiger partial charge in [0, 0.05) is 94.0 Å². The first-order valence-corrected chi connectivity index (χ1v) is 45.6. The number of aromatic hydroxyl groups is 2. The normalized spacial score (nSPS) is 15.0. The average Bonchev–Trinajstić information content (AvgIpc) is 0.971. The lowest BCUT2D eigenvalue weighted by Crippen LogP contribution is -2.52. The van der Waals surface area contributed by atoms with Crippen LogP contribution < -0.4 is 48.5 Å². The van der Waals surface area contributed by atoms with Gasteiger partial charge >= 0.3 is 17.9 Å². The molecule has 0 aliphatic rings. The predicted molar refractivity (Wildman–Crippen MR) is 484 cm³/mol. The summed E-state index contributed by atoms with van der Waals surface area (Å²) >= 11 is 0.987. The SMILES string of the molecule is CC[C@H](C)[C@H](NC(=O)[C@H](CO)CC(=O)[C@H](Cc1ccc(O)cc1)NC(=O)[C@H](CC(=O)O)CC(=O)[C@H](CO)NC(=O)[C@@H](CC(=O)[C@H](Cc1ccccc1)NC(=O)[C@@H](CC(=O)CNC(=O)[C@H](CCC(=O)O)CC(=O)CSCC(=O)CCCn1c(C)cccc1=O)[C@@H](C)O)[C@@H](C)O)C(=O)C[C@@H](Cc1ccc(O)cc1)C(=O)N[C@@H](CC(C)C)C(=O)C[C@@H](CC(=O)O)C(=O)N[C@H](C)CCCCN. The molecule has 0 saturated heterocycles. The molecule has 0 fully saturated rings. The van der Waals surface area contributed by atoms with Gasteiger partial charge in [0.25, 0.3) is 5.56 Å². The van der Waals surface area contributed by atoms with Crippen molar-refractivity contribution < 1.29 is 132 Å². The number of Topliss-reactive ketones (excluding diaryl/α,β-unsaturated/α-hetero) is 8. The number of unbranched alkanes of at least 4 members (excludes halogenated alkanes) is 1. The number of benzene rings is 3. The van der Waals surface area contributed by atoms with Crippen molar-refractivity contribution in [3.05, 3.63) is 130 Å². The minimum atomic E-state index is -1.99. The van der Waals surface area contributed by atoms with Crippen molar-refractivity contribution in [1.82, 2.24) is 41.8 Å². The topological polar surface area (TPSA) is 622 Å². The Bertz CT molecular complexity index is 4620. The molecule has 18 N–H and O–H groups in total. The van der Waals surface area contributed by atoms with Crippen LogP contribution in [0.25, 0.3) is 0 Å². The van der Waals surface area contributed by atoms with E-state index in [-0.39, 0.29) is 90.4 Å². The number of amides is 7. The molecule has 7 amide bonds. The Kier molecular flexibility index (Phi) is 49.8. The molecule has 4 rings (SSSR count). The van der Waals surface area contributed by atoms with Crippen LogP contribution in [0.2, 0.25) is 0 Å². The Labute approximate surface area is 770 Å². The lowest BCUT2D eigenvalue weighted by Gasteiger charge is -2.28. The molecule has 0 aliphatic heterocycles. The third kappa shape index (κ3) is 41.1. The van der Waals surface area contributed by atoms with Gasteiger partial charge in [-0.15, -0.1) is 11.8 Å². The Morgan fingerprint density at radius 1 is 0.424 bits per heavy atom. The zero-order chi connectivity index (χ0) is 98.6. The van der Waals surface area contributed by atoms with Crippen molar-refractivity contribution in [2.24, 2.45) is 59.0 Å². The molecule has 1 aromatic heterocycles. The number of nitrogens with one attached hydrogen (secondary N) is 7. The number of carboxylic acid groups (broad SMARTS) is 3. The van der Waals surface area contributed by atoms with E-state index in [1.807, 2.05) is 0 Å². The average molecular weight is 1870 g/mol. The van der Waals surface area contributed by atoms with E-state index >= 15 is 0 Å². The number of phenolic OH excluding ortho intramolecular Hbond substituents is 2. The van der Waals surface area contributed by atoms with E-state index in [9.17, 15) is 137 Å². The summed E-state index contributed by atoms with van der Waals surface area (Å²) < 4.78 is 1.53. The van der Waals surface area contributed by atoms with E-state index in [4.69, 9.17) is 5.73 Å². The van der Waals surface area contributed by atoms with Gasteiger partial charge in [-0.2, -0.15) is 0 Å². The second kappa shape index (κ2) is 58.3. The highest BCUT2D eigenvalue weighted by atomic mass is 32.2. The molecule has 132 heavy (non-hydrogen) atoms. The number of rotatable bonds is 67. The largest absolute Gasteiger partial charge is 0.508 e. The van der Waals surface area contributed by atoms with Crippen LogP contribution in [-0.4, -0.2) is 242 Å². The van der Waals surface area contributed by atoms with Crippen LogP contribution in [-0.2, 0) is 112 Å². The minimum Gasteiger partial charge on any atom is -0.508 e. The molecule has 3 aromatic carbocycles. The lowest BCUT2D eigenvalue weighted by molar-refractivity contribution is -0.143. The van der Waals surface area contributed by atoms with Crippen LogP contribution in [0, 0.1) is 60.2 Å². The van der Waals surface area contributed by atoms with Gasteiger partial charge in [-0.3, -0.25) is 91.1 Å². The van der Waals surface area contributed by atoms with Gasteiger partial charge in [0.1, 0.15) is 29.1 Å². The first-order chi connectivity index (χ1) is 62.4. The number of carbonyl (C=O) groups excluding carboxylic acids is 15. The van der Waals surface area contributed by atoms with Crippen molar-refractivity contribution in [2.45, 2.75) is 245 Å². The summed E-state index contributed by atoms with van der Waals surface area (Å²) in [4.78, 5) is 260. The number of ketones is 8. The van der Waals surface area contributed by atoms with Crippen molar-refractivity contribution in [3.63, 3.8) is 0 Å². The maximum absolute atomic E-state index is 14.9. The van der Waals surface area contributed by atoms with E-state index in [1.165, 1.54) is 59.2 Å². The first kappa shape index (κ1) is 113. The molecule has 0 bridgehead atoms. The van der Waals surface area contributed by atoms with Gasteiger partial charge in [0.2, 0.25) is 41.4 Å². The summed E-state index contributed by atoms with van der Waals surface area (Å²) in [5.74, 6) is -29.8. The number of carbonyl (C=O) groups is 18. The number of hydrogen-bond donors (Lipinski definition) is 17. The first-order valence-electron chi connectivity index (χ1n) is 44.4. The minimum absolute atomic E-state index is 0.0252. The third-order valence-corrected chi connectivity index (χ3v) is 23.9. The zero-order valence-corrected chi connectivity index (χ0v) is 76.9. The van der Waals surface area contributed by atoms with Crippen LogP contribution in [0.3, 0.4) is 0 Å². The monoisotopic (exact) mass is 1870 g/mol. The highest BCUT2D eigenvalue weighted by molar-refractivity contribution is 8.00. The van der Waals surface area contributed by atoms with Crippen LogP contribution in [0.15, 0.2) is 102 Å². The van der Waals surface area contributed by atoms with E-state index in [1.54, 1.807) is 84.0 Å². The second-order valence-corrected chi connectivity index (χ2v) is 35.4. The highest BCUT2D eigenvalue weighted by Crippen LogP contribution is 2.27. The molecule has 0 saturated carbocycles. The number of aliphatic hydroxyl groups is 4. The number of carboxylic acids is 3. The van der Waals surface area contributed by atoms with Gasteiger partial charge in [-0.1, -0.05) is 101 Å². The van der Waals surface area contributed by atoms with Crippen LogP contribution in [0.1, 0.15) is 186 Å². The Balaban J connectivity index is 1.53. The van der Waals surface area contributed by atoms with Gasteiger partial charge in [-0.05, 0) is 144 Å². The van der Waals surface area contributed by atoms with Gasteiger partial charge in [0.05, 0.1) is 110 Å². The highest BCUT2D eigenvalue weighted by Gasteiger charge is 2.41. The summed E-state index contributed by atoms with van der Waals surface area (Å²) in [6.45, 7) is 10.2. The van der Waals surface area contributed by atoms with Gasteiger partial charge in [-0.25, -0.2) is 0 Å². The molecular weight excluding hydrogens is 1740 g/mol. The van der Waals surface area contributed by atoms with Crippen LogP contribution >= 0.6 is 11.8 Å². The number of aliphatic carboxylic acids is 3. The number of thioether (sulfide) groups is 1. The fraction of sp³-hybridized carbons (Fsp3) is 0.564. The fourth-order valence-corrected chi connectivity index (χ4v) is 15.7. The summed E-state index contributed by atoms with van der Waals surface area (Å²) in [6, 6.07) is 15.2. The van der Waals surface area contributed by atoms with Gasteiger partial charge < -0.3 is 93.5 Å². The number of hydrogen-bond acceptors (Lipinski definition) is 27. The third-order valence-electron chi connectivity index (χ3n) is 22.8. The maximum Gasteiger partial charge on any atom is 0.304 e.